The second-order valence-corrected chi connectivity index (χ2v) is 8.41. The van der Waals surface area contributed by atoms with Gasteiger partial charge in [-0.05, 0) is 37.0 Å². The van der Waals surface area contributed by atoms with Gasteiger partial charge in [0.05, 0.1) is 31.7 Å². The first-order chi connectivity index (χ1) is 13.7. The van der Waals surface area contributed by atoms with Crippen molar-refractivity contribution < 1.29 is 14.5 Å². The number of anilines is 1. The number of nitrogens with zero attached hydrogens (tertiary/aromatic N) is 2. The number of carbonyl (C=O) groups is 2. The summed E-state index contributed by atoms with van der Waals surface area (Å²) in [5.41, 5.74) is 2.49. The number of carbonyl (C=O) groups excluding carboxylic acids is 2. The van der Waals surface area contributed by atoms with Gasteiger partial charge in [-0.2, -0.15) is 5.26 Å². The first-order valence-corrected chi connectivity index (χ1v) is 10.5. The number of thiophene rings is 1. The standard InChI is InChI=1S/C21H22N4O2S/c22-13-17-16-7-4-8-18(16)28-20(17)23-19(26)14-24-9-11-25(12-10-24)21(27)15-5-2-1-3-6-15/h1-3,5-6H,4,7-12,14H2,(H,23,26)/p+1. The number of quaternary nitrogens is 1. The van der Waals surface area contributed by atoms with E-state index in [2.05, 4.69) is 11.4 Å². The van der Waals surface area contributed by atoms with Crippen molar-refractivity contribution in [3.05, 3.63) is 51.9 Å². The van der Waals surface area contributed by atoms with E-state index in [0.717, 1.165) is 42.8 Å². The fourth-order valence-corrected chi connectivity index (χ4v) is 5.23. The fourth-order valence-electron chi connectivity index (χ4n) is 3.97. The van der Waals surface area contributed by atoms with Crippen LogP contribution in [0.5, 0.6) is 0 Å². The van der Waals surface area contributed by atoms with Crippen molar-refractivity contribution in [3.63, 3.8) is 0 Å². The summed E-state index contributed by atoms with van der Waals surface area (Å²) in [5.74, 6) is -0.00914. The Labute approximate surface area is 168 Å². The zero-order valence-electron chi connectivity index (χ0n) is 15.7. The van der Waals surface area contributed by atoms with Crippen LogP contribution in [0, 0.1) is 11.3 Å². The summed E-state index contributed by atoms with van der Waals surface area (Å²) in [6.07, 6.45) is 3.04. The number of piperazine rings is 1. The van der Waals surface area contributed by atoms with Gasteiger partial charge in [-0.25, -0.2) is 0 Å². The zero-order chi connectivity index (χ0) is 19.5. The molecule has 2 aliphatic rings. The van der Waals surface area contributed by atoms with Gasteiger partial charge in [0.1, 0.15) is 11.1 Å². The number of fused-ring (bicyclic) bond motifs is 1. The Morgan fingerprint density at radius 3 is 2.64 bits per heavy atom. The number of nitriles is 1. The molecule has 1 aromatic heterocycles. The van der Waals surface area contributed by atoms with Gasteiger partial charge < -0.3 is 15.1 Å². The van der Waals surface area contributed by atoms with Gasteiger partial charge in [-0.1, -0.05) is 18.2 Å². The third-order valence-corrected chi connectivity index (χ3v) is 6.68. The molecule has 1 aromatic carbocycles. The third kappa shape index (κ3) is 3.79. The van der Waals surface area contributed by atoms with Gasteiger partial charge in [0.2, 0.25) is 0 Å². The Bertz CT molecular complexity index is 924. The summed E-state index contributed by atoms with van der Waals surface area (Å²) in [4.78, 5) is 29.3. The van der Waals surface area contributed by atoms with Crippen molar-refractivity contribution in [1.82, 2.24) is 4.90 Å². The Hall–Kier alpha value is -2.69. The molecule has 0 atom stereocenters. The molecule has 7 heteroatoms. The normalized spacial score (nSPS) is 16.5. The van der Waals surface area contributed by atoms with Crippen LogP contribution in [0.4, 0.5) is 5.00 Å². The predicted octanol–water partition coefficient (Wildman–Crippen LogP) is 1.09. The summed E-state index contributed by atoms with van der Waals surface area (Å²) in [5, 5.41) is 13.1. The number of amides is 2. The SMILES string of the molecule is N#Cc1c(NC(=O)C[NH+]2CCN(C(=O)c3ccccc3)CC2)sc2c1CCC2. The Kier molecular flexibility index (Phi) is 5.42. The molecule has 1 saturated heterocycles. The molecule has 1 aliphatic heterocycles. The quantitative estimate of drug-likeness (QED) is 0.814. The van der Waals surface area contributed by atoms with Crippen LogP contribution in [-0.2, 0) is 17.6 Å². The second kappa shape index (κ2) is 8.13. The highest BCUT2D eigenvalue weighted by molar-refractivity contribution is 7.16. The van der Waals surface area contributed by atoms with E-state index in [9.17, 15) is 14.9 Å². The molecule has 144 valence electrons. The fraction of sp³-hybridized carbons (Fsp3) is 0.381. The van der Waals surface area contributed by atoms with Crippen molar-refractivity contribution in [2.75, 3.05) is 38.0 Å². The first kappa shape index (κ1) is 18.7. The lowest BCUT2D eigenvalue weighted by Gasteiger charge is -2.31. The number of benzene rings is 1. The largest absolute Gasteiger partial charge is 0.327 e. The highest BCUT2D eigenvalue weighted by atomic mass is 32.1. The maximum Gasteiger partial charge on any atom is 0.280 e. The highest BCUT2D eigenvalue weighted by Gasteiger charge is 2.27. The molecule has 2 amide bonds. The number of hydrogen-bond donors (Lipinski definition) is 2. The molecule has 6 nitrogen and oxygen atoms in total. The molecular weight excluding hydrogens is 372 g/mol. The van der Waals surface area contributed by atoms with E-state index in [0.29, 0.717) is 35.8 Å². The smallest absolute Gasteiger partial charge is 0.280 e. The van der Waals surface area contributed by atoms with Crippen LogP contribution in [0.2, 0.25) is 0 Å². The molecule has 0 spiro atoms. The van der Waals surface area contributed by atoms with E-state index >= 15 is 0 Å². The molecule has 0 bridgehead atoms. The Morgan fingerprint density at radius 1 is 1.18 bits per heavy atom. The van der Waals surface area contributed by atoms with Crippen LogP contribution in [0.25, 0.3) is 0 Å². The molecule has 2 N–H and O–H groups in total. The lowest BCUT2D eigenvalue weighted by molar-refractivity contribution is -0.895. The van der Waals surface area contributed by atoms with E-state index < -0.39 is 0 Å². The molecular formula is C21H23N4O2S+. The van der Waals surface area contributed by atoms with Crippen molar-refractivity contribution in [3.8, 4) is 6.07 Å². The first-order valence-electron chi connectivity index (χ1n) is 9.68. The van der Waals surface area contributed by atoms with E-state index in [1.807, 2.05) is 35.2 Å². The van der Waals surface area contributed by atoms with Crippen LogP contribution in [0.15, 0.2) is 30.3 Å². The minimum atomic E-state index is -0.0609. The minimum absolute atomic E-state index is 0.0517. The lowest BCUT2D eigenvalue weighted by Crippen LogP contribution is -3.15. The summed E-state index contributed by atoms with van der Waals surface area (Å²) >= 11 is 1.55. The van der Waals surface area contributed by atoms with Crippen molar-refractivity contribution in [2.24, 2.45) is 0 Å². The highest BCUT2D eigenvalue weighted by Crippen LogP contribution is 2.38. The van der Waals surface area contributed by atoms with Crippen LogP contribution < -0.4 is 10.2 Å². The molecule has 4 rings (SSSR count). The van der Waals surface area contributed by atoms with Crippen molar-refractivity contribution in [2.45, 2.75) is 19.3 Å². The Morgan fingerprint density at radius 2 is 1.93 bits per heavy atom. The molecule has 0 radical (unpaired) electrons. The van der Waals surface area contributed by atoms with Gasteiger partial charge in [-0.15, -0.1) is 11.3 Å². The van der Waals surface area contributed by atoms with E-state index in [-0.39, 0.29) is 11.8 Å². The second-order valence-electron chi connectivity index (χ2n) is 7.31. The molecule has 2 heterocycles. The number of nitrogens with one attached hydrogen (secondary N) is 2. The lowest BCUT2D eigenvalue weighted by atomic mass is 10.1. The van der Waals surface area contributed by atoms with E-state index in [1.54, 1.807) is 11.3 Å². The average Bonchev–Trinajstić information content (AvgIpc) is 3.29. The van der Waals surface area contributed by atoms with Gasteiger partial charge in [0.25, 0.3) is 11.8 Å². The van der Waals surface area contributed by atoms with Crippen LogP contribution in [0.1, 0.15) is 32.8 Å². The third-order valence-electron chi connectivity index (χ3n) is 5.48. The zero-order valence-corrected chi connectivity index (χ0v) is 16.5. The number of aryl methyl sites for hydroxylation is 1. The van der Waals surface area contributed by atoms with E-state index in [1.165, 1.54) is 4.88 Å². The van der Waals surface area contributed by atoms with E-state index in [4.69, 9.17) is 0 Å². The number of rotatable bonds is 4. The summed E-state index contributed by atoms with van der Waals surface area (Å²) in [6.45, 7) is 3.15. The topological polar surface area (TPSA) is 77.6 Å². The van der Waals surface area contributed by atoms with Crippen LogP contribution in [0.3, 0.4) is 0 Å². The molecule has 1 fully saturated rings. The monoisotopic (exact) mass is 395 g/mol. The molecule has 28 heavy (non-hydrogen) atoms. The number of hydrogen-bond acceptors (Lipinski definition) is 4. The van der Waals surface area contributed by atoms with Gasteiger partial charge in [-0.3, -0.25) is 9.59 Å². The van der Waals surface area contributed by atoms with Gasteiger partial charge in [0.15, 0.2) is 6.54 Å². The van der Waals surface area contributed by atoms with Crippen molar-refractivity contribution >= 4 is 28.2 Å². The van der Waals surface area contributed by atoms with Crippen LogP contribution in [-0.4, -0.2) is 49.4 Å². The predicted molar refractivity (Wildman–Crippen MR) is 108 cm³/mol. The van der Waals surface area contributed by atoms with Gasteiger partial charge in [0, 0.05) is 10.4 Å². The maximum atomic E-state index is 12.5. The summed E-state index contributed by atoms with van der Waals surface area (Å²) in [7, 11) is 0. The van der Waals surface area contributed by atoms with Crippen LogP contribution >= 0.6 is 11.3 Å². The van der Waals surface area contributed by atoms with Gasteiger partial charge >= 0.3 is 0 Å². The molecule has 0 saturated carbocycles. The molecule has 2 aromatic rings. The summed E-state index contributed by atoms with van der Waals surface area (Å²) < 4.78 is 0. The molecule has 1 aliphatic carbocycles. The average molecular weight is 396 g/mol. The molecule has 0 unspecified atom stereocenters. The Balaban J connectivity index is 1.30. The summed E-state index contributed by atoms with van der Waals surface area (Å²) in [6, 6.07) is 11.6. The maximum absolute atomic E-state index is 12.5. The van der Waals surface area contributed by atoms with Crippen molar-refractivity contribution in [1.29, 1.82) is 5.26 Å². The minimum Gasteiger partial charge on any atom is -0.327 e.